The van der Waals surface area contributed by atoms with Crippen molar-refractivity contribution in [3.63, 3.8) is 0 Å². The lowest BCUT2D eigenvalue weighted by atomic mass is 10.1. The molecule has 0 aromatic carbocycles. The summed E-state index contributed by atoms with van der Waals surface area (Å²) in [6, 6.07) is 1.71. The van der Waals surface area contributed by atoms with Gasteiger partial charge in [0.15, 0.2) is 0 Å². The summed E-state index contributed by atoms with van der Waals surface area (Å²) < 4.78 is 11.3. The molecule has 0 spiro atoms. The van der Waals surface area contributed by atoms with E-state index in [2.05, 4.69) is 26.7 Å². The highest BCUT2D eigenvalue weighted by molar-refractivity contribution is 5.76. The Kier molecular flexibility index (Phi) is 5.86. The number of anilines is 1. The predicted octanol–water partition coefficient (Wildman–Crippen LogP) is 1.33. The number of aryl methyl sites for hydroxylation is 2. The standard InChI is InChI=1S/C18H28N4O3/c1-4-21-8-9-24-12-16(21)18(23)25-15-6-5-7-22(11-15)17-10-13(2)19-14(3)20-17/h10,15-16H,4-9,11-12H2,1-3H3/t15-,16+/m0/s1. The first kappa shape index (κ1) is 18.1. The highest BCUT2D eigenvalue weighted by Gasteiger charge is 2.32. The van der Waals surface area contributed by atoms with Crippen LogP contribution in [0.4, 0.5) is 5.82 Å². The molecule has 0 radical (unpaired) electrons. The van der Waals surface area contributed by atoms with Crippen molar-refractivity contribution in [1.82, 2.24) is 14.9 Å². The van der Waals surface area contributed by atoms with Crippen LogP contribution < -0.4 is 4.90 Å². The second-order valence-electron chi connectivity index (χ2n) is 6.78. The monoisotopic (exact) mass is 348 g/mol. The van der Waals surface area contributed by atoms with E-state index < -0.39 is 0 Å². The smallest absolute Gasteiger partial charge is 0.326 e. The summed E-state index contributed by atoms with van der Waals surface area (Å²) in [5, 5.41) is 0. The average molecular weight is 348 g/mol. The van der Waals surface area contributed by atoms with Crippen LogP contribution in [0.1, 0.15) is 31.3 Å². The van der Waals surface area contributed by atoms with E-state index in [0.29, 0.717) is 19.8 Å². The second-order valence-corrected chi connectivity index (χ2v) is 6.78. The number of aromatic nitrogens is 2. The maximum absolute atomic E-state index is 12.6. The molecule has 0 unspecified atom stereocenters. The first-order chi connectivity index (χ1) is 12.1. The van der Waals surface area contributed by atoms with Crippen LogP contribution in [0.5, 0.6) is 0 Å². The molecule has 7 heteroatoms. The molecule has 2 saturated heterocycles. The first-order valence-electron chi connectivity index (χ1n) is 9.16. The van der Waals surface area contributed by atoms with Crippen molar-refractivity contribution < 1.29 is 14.3 Å². The van der Waals surface area contributed by atoms with Crippen LogP contribution in [-0.2, 0) is 14.3 Å². The number of esters is 1. The predicted molar refractivity (Wildman–Crippen MR) is 94.7 cm³/mol. The summed E-state index contributed by atoms with van der Waals surface area (Å²) >= 11 is 0. The van der Waals surface area contributed by atoms with Gasteiger partial charge in [-0.05, 0) is 33.2 Å². The number of morpholine rings is 1. The Hall–Kier alpha value is -1.73. The molecule has 3 heterocycles. The molecule has 25 heavy (non-hydrogen) atoms. The van der Waals surface area contributed by atoms with Crippen molar-refractivity contribution >= 4 is 11.8 Å². The van der Waals surface area contributed by atoms with Gasteiger partial charge in [0.05, 0.1) is 19.8 Å². The van der Waals surface area contributed by atoms with E-state index in [0.717, 1.165) is 49.8 Å². The molecule has 2 fully saturated rings. The lowest BCUT2D eigenvalue weighted by molar-refractivity contribution is -0.161. The third-order valence-corrected chi connectivity index (χ3v) is 4.86. The van der Waals surface area contributed by atoms with Crippen molar-refractivity contribution in [1.29, 1.82) is 0 Å². The molecule has 1 aromatic rings. The number of hydrogen-bond acceptors (Lipinski definition) is 7. The van der Waals surface area contributed by atoms with E-state index in [-0.39, 0.29) is 18.1 Å². The zero-order valence-corrected chi connectivity index (χ0v) is 15.4. The minimum atomic E-state index is -0.280. The number of hydrogen-bond donors (Lipinski definition) is 0. The van der Waals surface area contributed by atoms with Crippen molar-refractivity contribution in [3.05, 3.63) is 17.6 Å². The fraction of sp³-hybridized carbons (Fsp3) is 0.722. The number of carbonyl (C=O) groups is 1. The molecule has 0 saturated carbocycles. The summed E-state index contributed by atoms with van der Waals surface area (Å²) in [6.07, 6.45) is 1.78. The number of ether oxygens (including phenoxy) is 2. The van der Waals surface area contributed by atoms with Gasteiger partial charge in [-0.2, -0.15) is 0 Å². The van der Waals surface area contributed by atoms with Crippen molar-refractivity contribution in [2.24, 2.45) is 0 Å². The molecule has 1 aromatic heterocycles. The molecule has 7 nitrogen and oxygen atoms in total. The Morgan fingerprint density at radius 1 is 1.36 bits per heavy atom. The van der Waals surface area contributed by atoms with Gasteiger partial charge < -0.3 is 14.4 Å². The quantitative estimate of drug-likeness (QED) is 0.760. The van der Waals surface area contributed by atoms with E-state index in [1.165, 1.54) is 0 Å². The van der Waals surface area contributed by atoms with Gasteiger partial charge in [-0.25, -0.2) is 9.97 Å². The Morgan fingerprint density at radius 2 is 2.20 bits per heavy atom. The minimum Gasteiger partial charge on any atom is -0.459 e. The van der Waals surface area contributed by atoms with Gasteiger partial charge in [-0.15, -0.1) is 0 Å². The van der Waals surface area contributed by atoms with Gasteiger partial charge in [-0.3, -0.25) is 9.69 Å². The van der Waals surface area contributed by atoms with Crippen LogP contribution in [0.15, 0.2) is 6.07 Å². The molecule has 0 N–H and O–H groups in total. The zero-order chi connectivity index (χ0) is 17.8. The summed E-state index contributed by atoms with van der Waals surface area (Å²) in [6.45, 7) is 10.3. The summed E-state index contributed by atoms with van der Waals surface area (Å²) in [5.41, 5.74) is 0.958. The largest absolute Gasteiger partial charge is 0.459 e. The van der Waals surface area contributed by atoms with Gasteiger partial charge in [0.1, 0.15) is 23.8 Å². The van der Waals surface area contributed by atoms with Crippen LogP contribution in [0, 0.1) is 13.8 Å². The molecule has 0 bridgehead atoms. The summed E-state index contributed by atoms with van der Waals surface area (Å²) in [7, 11) is 0. The lowest BCUT2D eigenvalue weighted by Gasteiger charge is -2.36. The van der Waals surface area contributed by atoms with Crippen LogP contribution in [0.3, 0.4) is 0 Å². The first-order valence-corrected chi connectivity index (χ1v) is 9.16. The van der Waals surface area contributed by atoms with Crippen molar-refractivity contribution in [2.45, 2.75) is 45.8 Å². The second kappa shape index (κ2) is 8.10. The van der Waals surface area contributed by atoms with E-state index in [9.17, 15) is 4.79 Å². The molecule has 2 aliphatic rings. The highest BCUT2D eigenvalue weighted by Crippen LogP contribution is 2.21. The Bertz CT molecular complexity index is 590. The summed E-state index contributed by atoms with van der Waals surface area (Å²) in [5.74, 6) is 1.53. The Morgan fingerprint density at radius 3 is 2.96 bits per heavy atom. The molecule has 3 rings (SSSR count). The van der Waals surface area contributed by atoms with Gasteiger partial charge in [0.25, 0.3) is 0 Å². The zero-order valence-electron chi connectivity index (χ0n) is 15.4. The SMILES string of the molecule is CCN1CCOC[C@@H]1C(=O)O[C@H]1CCCN(c2cc(C)nc(C)n2)C1. The molecular formula is C18H28N4O3. The van der Waals surface area contributed by atoms with Crippen LogP contribution in [0.2, 0.25) is 0 Å². The van der Waals surface area contributed by atoms with Crippen LogP contribution >= 0.6 is 0 Å². The molecule has 138 valence electrons. The maximum Gasteiger partial charge on any atom is 0.326 e. The van der Waals surface area contributed by atoms with Gasteiger partial charge >= 0.3 is 5.97 Å². The topological polar surface area (TPSA) is 67.8 Å². The average Bonchev–Trinajstić information content (AvgIpc) is 2.61. The highest BCUT2D eigenvalue weighted by atomic mass is 16.6. The number of carbonyl (C=O) groups excluding carboxylic acids is 1. The number of nitrogens with zero attached hydrogens (tertiary/aromatic N) is 4. The van der Waals surface area contributed by atoms with E-state index in [1.807, 2.05) is 19.9 Å². The Balaban J connectivity index is 1.62. The van der Waals surface area contributed by atoms with E-state index in [4.69, 9.17) is 9.47 Å². The normalized spacial score (nSPS) is 25.0. The van der Waals surface area contributed by atoms with Crippen molar-refractivity contribution in [2.75, 3.05) is 44.3 Å². The third-order valence-electron chi connectivity index (χ3n) is 4.86. The van der Waals surface area contributed by atoms with E-state index >= 15 is 0 Å². The van der Waals surface area contributed by atoms with E-state index in [1.54, 1.807) is 0 Å². The van der Waals surface area contributed by atoms with Gasteiger partial charge in [-0.1, -0.05) is 6.92 Å². The van der Waals surface area contributed by atoms with Crippen LogP contribution in [0.25, 0.3) is 0 Å². The third kappa shape index (κ3) is 4.46. The van der Waals surface area contributed by atoms with Gasteiger partial charge in [0, 0.05) is 24.8 Å². The number of piperidine rings is 1. The Labute approximate surface area is 149 Å². The lowest BCUT2D eigenvalue weighted by Crippen LogP contribution is -2.52. The fourth-order valence-electron chi connectivity index (χ4n) is 3.58. The molecular weight excluding hydrogens is 320 g/mol. The fourth-order valence-corrected chi connectivity index (χ4v) is 3.58. The minimum absolute atomic E-state index is 0.0996. The number of likely N-dealkylation sites (N-methyl/N-ethyl adjacent to an activating group) is 1. The summed E-state index contributed by atoms with van der Waals surface area (Å²) in [4.78, 5) is 25.8. The van der Waals surface area contributed by atoms with Crippen LogP contribution in [-0.4, -0.2) is 72.4 Å². The maximum atomic E-state index is 12.6. The molecule has 0 amide bonds. The molecule has 2 atom stereocenters. The van der Waals surface area contributed by atoms with Gasteiger partial charge in [0.2, 0.25) is 0 Å². The molecule has 2 aliphatic heterocycles. The van der Waals surface area contributed by atoms with Crippen molar-refractivity contribution in [3.8, 4) is 0 Å². The molecule has 0 aliphatic carbocycles. The number of rotatable bonds is 4.